The van der Waals surface area contributed by atoms with Gasteiger partial charge in [-0.05, 0) is 50.7 Å². The molecule has 1 unspecified atom stereocenters. The maximum atomic E-state index is 13.6. The highest BCUT2D eigenvalue weighted by Gasteiger charge is 2.21. The fourth-order valence-corrected chi connectivity index (χ4v) is 2.41. The molecule has 2 rings (SSSR count). The Bertz CT molecular complexity index is 408. The molecule has 1 aliphatic heterocycles. The Hall–Kier alpha value is -1.13. The van der Waals surface area contributed by atoms with Crippen molar-refractivity contribution < 1.29 is 4.39 Å². The monoisotopic (exact) mass is 251 g/mol. The molecule has 4 heteroatoms. The van der Waals surface area contributed by atoms with Crippen LogP contribution in [-0.2, 0) is 6.42 Å². The van der Waals surface area contributed by atoms with Crippen LogP contribution in [0.5, 0.6) is 0 Å². The third-order valence-electron chi connectivity index (χ3n) is 3.70. The van der Waals surface area contributed by atoms with Gasteiger partial charge in [0.25, 0.3) is 0 Å². The number of piperazine rings is 1. The molecule has 1 aromatic rings. The maximum absolute atomic E-state index is 13.6. The van der Waals surface area contributed by atoms with E-state index in [-0.39, 0.29) is 5.82 Å². The highest BCUT2D eigenvalue weighted by atomic mass is 19.1. The lowest BCUT2D eigenvalue weighted by Crippen LogP contribution is -2.50. The molecule has 1 aliphatic rings. The maximum Gasteiger partial charge on any atom is 0.125 e. The second-order valence-corrected chi connectivity index (χ2v) is 5.13. The van der Waals surface area contributed by atoms with Gasteiger partial charge in [-0.15, -0.1) is 0 Å². The molecule has 0 amide bonds. The van der Waals surface area contributed by atoms with Gasteiger partial charge in [0.2, 0.25) is 0 Å². The zero-order chi connectivity index (χ0) is 13.1. The van der Waals surface area contributed by atoms with Gasteiger partial charge in [-0.25, -0.2) is 4.39 Å². The number of nitrogens with zero attached hydrogens (tertiary/aromatic N) is 2. The van der Waals surface area contributed by atoms with E-state index in [2.05, 4.69) is 29.8 Å². The fourth-order valence-electron chi connectivity index (χ4n) is 2.41. The predicted octanol–water partition coefficient (Wildman–Crippen LogP) is 1.47. The molecule has 1 aromatic carbocycles. The summed E-state index contributed by atoms with van der Waals surface area (Å²) in [4.78, 5) is 4.59. The van der Waals surface area contributed by atoms with E-state index < -0.39 is 0 Å². The van der Waals surface area contributed by atoms with E-state index in [1.165, 1.54) is 0 Å². The molecule has 18 heavy (non-hydrogen) atoms. The van der Waals surface area contributed by atoms with Crippen molar-refractivity contribution in [3.05, 3.63) is 29.6 Å². The van der Waals surface area contributed by atoms with Crippen molar-refractivity contribution in [1.82, 2.24) is 4.90 Å². The van der Waals surface area contributed by atoms with E-state index in [0.29, 0.717) is 12.6 Å². The summed E-state index contributed by atoms with van der Waals surface area (Å²) in [5, 5.41) is 0. The van der Waals surface area contributed by atoms with Crippen LogP contribution in [0.2, 0.25) is 0 Å². The highest BCUT2D eigenvalue weighted by Crippen LogP contribution is 2.21. The quantitative estimate of drug-likeness (QED) is 0.883. The van der Waals surface area contributed by atoms with E-state index in [1.54, 1.807) is 12.1 Å². The van der Waals surface area contributed by atoms with E-state index in [1.807, 2.05) is 0 Å². The van der Waals surface area contributed by atoms with Crippen LogP contribution in [0.25, 0.3) is 0 Å². The molecular formula is C14H22FN3. The Morgan fingerprint density at radius 3 is 2.78 bits per heavy atom. The van der Waals surface area contributed by atoms with Crippen molar-refractivity contribution in [2.24, 2.45) is 5.73 Å². The van der Waals surface area contributed by atoms with Crippen molar-refractivity contribution in [3.8, 4) is 0 Å². The number of nitrogens with two attached hydrogens (primary N) is 1. The lowest BCUT2D eigenvalue weighted by Gasteiger charge is -2.39. The molecule has 0 aromatic heterocycles. The lowest BCUT2D eigenvalue weighted by atomic mass is 10.1. The minimum absolute atomic E-state index is 0.164. The fraction of sp³-hybridized carbons (Fsp3) is 0.571. The molecule has 0 radical (unpaired) electrons. The first-order valence-corrected chi connectivity index (χ1v) is 6.55. The van der Waals surface area contributed by atoms with Crippen LogP contribution >= 0.6 is 0 Å². The summed E-state index contributed by atoms with van der Waals surface area (Å²) in [5.74, 6) is -0.164. The largest absolute Gasteiger partial charge is 0.369 e. The molecule has 1 atom stereocenters. The minimum atomic E-state index is -0.164. The van der Waals surface area contributed by atoms with Gasteiger partial charge < -0.3 is 15.5 Å². The molecule has 100 valence electrons. The number of halogens is 1. The summed E-state index contributed by atoms with van der Waals surface area (Å²) in [6.45, 7) is 5.67. The molecule has 0 aliphatic carbocycles. The van der Waals surface area contributed by atoms with Gasteiger partial charge in [-0.2, -0.15) is 0 Å². The Balaban J connectivity index is 2.17. The van der Waals surface area contributed by atoms with Crippen molar-refractivity contribution in [1.29, 1.82) is 0 Å². The van der Waals surface area contributed by atoms with Crippen LogP contribution in [0, 0.1) is 5.82 Å². The number of anilines is 1. The summed E-state index contributed by atoms with van der Waals surface area (Å²) in [7, 11) is 2.13. The Morgan fingerprint density at radius 2 is 2.11 bits per heavy atom. The van der Waals surface area contributed by atoms with Crippen LogP contribution in [0.4, 0.5) is 10.1 Å². The van der Waals surface area contributed by atoms with Gasteiger partial charge in [-0.3, -0.25) is 0 Å². The zero-order valence-electron chi connectivity index (χ0n) is 11.2. The summed E-state index contributed by atoms with van der Waals surface area (Å²) in [5.41, 5.74) is 7.51. The van der Waals surface area contributed by atoms with Crippen LogP contribution in [0.3, 0.4) is 0 Å². The number of rotatable bonds is 3. The molecule has 1 saturated heterocycles. The molecule has 0 spiro atoms. The molecule has 0 saturated carbocycles. The topological polar surface area (TPSA) is 32.5 Å². The van der Waals surface area contributed by atoms with Crippen molar-refractivity contribution >= 4 is 5.69 Å². The van der Waals surface area contributed by atoms with E-state index >= 15 is 0 Å². The van der Waals surface area contributed by atoms with Crippen molar-refractivity contribution in [2.75, 3.05) is 38.1 Å². The minimum Gasteiger partial charge on any atom is -0.369 e. The predicted molar refractivity (Wildman–Crippen MR) is 73.5 cm³/mol. The zero-order valence-corrected chi connectivity index (χ0v) is 11.2. The Labute approximate surface area is 108 Å². The van der Waals surface area contributed by atoms with Gasteiger partial charge >= 0.3 is 0 Å². The van der Waals surface area contributed by atoms with Gasteiger partial charge in [0.05, 0.1) is 0 Å². The van der Waals surface area contributed by atoms with Crippen LogP contribution in [0.1, 0.15) is 12.5 Å². The van der Waals surface area contributed by atoms with Crippen LogP contribution in [0.15, 0.2) is 18.2 Å². The summed E-state index contributed by atoms with van der Waals surface area (Å²) in [6.07, 6.45) is 0.730. The molecule has 0 bridgehead atoms. The smallest absolute Gasteiger partial charge is 0.125 e. The Morgan fingerprint density at radius 1 is 1.33 bits per heavy atom. The van der Waals surface area contributed by atoms with Gasteiger partial charge in [0.1, 0.15) is 5.82 Å². The molecule has 1 heterocycles. The summed E-state index contributed by atoms with van der Waals surface area (Å²) >= 11 is 0. The average molecular weight is 251 g/mol. The molecular weight excluding hydrogens is 229 g/mol. The van der Waals surface area contributed by atoms with E-state index in [9.17, 15) is 4.39 Å². The highest BCUT2D eigenvalue weighted by molar-refractivity contribution is 5.49. The second-order valence-electron chi connectivity index (χ2n) is 5.13. The van der Waals surface area contributed by atoms with Gasteiger partial charge in [-0.1, -0.05) is 0 Å². The SMILES string of the molecule is CC1CN(c2cc(F)cc(CCN)c2)CCN1C. The van der Waals surface area contributed by atoms with Gasteiger partial charge in [0.15, 0.2) is 0 Å². The molecule has 1 fully saturated rings. The Kier molecular flexibility index (Phi) is 4.19. The summed E-state index contributed by atoms with van der Waals surface area (Å²) in [6, 6.07) is 5.77. The van der Waals surface area contributed by atoms with Crippen LogP contribution in [-0.4, -0.2) is 44.2 Å². The van der Waals surface area contributed by atoms with Crippen molar-refractivity contribution in [2.45, 2.75) is 19.4 Å². The second kappa shape index (κ2) is 5.67. The summed E-state index contributed by atoms with van der Waals surface area (Å²) < 4.78 is 13.6. The normalized spacial score (nSPS) is 21.3. The van der Waals surface area contributed by atoms with E-state index in [4.69, 9.17) is 5.73 Å². The molecule has 2 N–H and O–H groups in total. The van der Waals surface area contributed by atoms with E-state index in [0.717, 1.165) is 37.3 Å². The number of hydrogen-bond donors (Lipinski definition) is 1. The number of hydrogen-bond acceptors (Lipinski definition) is 3. The van der Waals surface area contributed by atoms with Crippen LogP contribution < -0.4 is 10.6 Å². The number of likely N-dealkylation sites (N-methyl/N-ethyl adjacent to an activating group) is 1. The molecule has 3 nitrogen and oxygen atoms in total. The third-order valence-corrected chi connectivity index (χ3v) is 3.70. The lowest BCUT2D eigenvalue weighted by molar-refractivity contribution is 0.234. The van der Waals surface area contributed by atoms with Gasteiger partial charge in [0, 0.05) is 31.4 Å². The van der Waals surface area contributed by atoms with Crippen molar-refractivity contribution in [3.63, 3.8) is 0 Å². The first-order chi connectivity index (χ1) is 8.60. The standard InChI is InChI=1S/C14H22FN3/c1-11-10-18(6-5-17(11)2)14-8-12(3-4-16)7-13(15)9-14/h7-9,11H,3-6,10,16H2,1-2H3. The average Bonchev–Trinajstić information content (AvgIpc) is 2.32. The first-order valence-electron chi connectivity index (χ1n) is 6.55. The first kappa shape index (κ1) is 13.3. The number of benzene rings is 1. The third kappa shape index (κ3) is 3.00.